The van der Waals surface area contributed by atoms with Crippen LogP contribution in [0.25, 0.3) is 10.9 Å². The Kier molecular flexibility index (Phi) is 4.20. The molecular weight excluding hydrogens is 374 g/mol. The van der Waals surface area contributed by atoms with Gasteiger partial charge in [0.05, 0.1) is 10.9 Å². The smallest absolute Gasteiger partial charge is 0.261 e. The minimum Gasteiger partial charge on any atom is -0.308 e. The summed E-state index contributed by atoms with van der Waals surface area (Å²) in [6.45, 7) is 1.40. The molecule has 0 bridgehead atoms. The van der Waals surface area contributed by atoms with Crippen molar-refractivity contribution in [3.8, 4) is 0 Å². The molecule has 28 heavy (non-hydrogen) atoms. The van der Waals surface area contributed by atoms with E-state index in [0.717, 1.165) is 55.7 Å². The van der Waals surface area contributed by atoms with Crippen molar-refractivity contribution in [3.63, 3.8) is 0 Å². The quantitative estimate of drug-likeness (QED) is 0.628. The molecule has 0 atom stereocenters. The molecule has 0 N–H and O–H groups in total. The number of carbonyl (C=O) groups excluding carboxylic acids is 1. The lowest BCUT2D eigenvalue weighted by atomic mass is 10.1. The lowest BCUT2D eigenvalue weighted by Gasteiger charge is -2.23. The second-order valence-corrected chi connectivity index (χ2v) is 7.94. The Morgan fingerprint density at radius 1 is 1.00 bits per heavy atom. The van der Waals surface area contributed by atoms with Crippen LogP contribution >= 0.6 is 11.6 Å². The Morgan fingerprint density at radius 3 is 2.79 bits per heavy atom. The third-order valence-electron chi connectivity index (χ3n) is 5.72. The molecular formula is C22H20ClN3O2. The van der Waals surface area contributed by atoms with Crippen LogP contribution in [0.2, 0.25) is 5.02 Å². The molecule has 5 rings (SSSR count). The van der Waals surface area contributed by atoms with Gasteiger partial charge >= 0.3 is 0 Å². The minimum atomic E-state index is -0.0604. The molecule has 0 spiro atoms. The van der Waals surface area contributed by atoms with Crippen LogP contribution in [0, 0.1) is 0 Å². The number of hydrogen-bond donors (Lipinski definition) is 0. The molecule has 0 radical (unpaired) electrons. The number of aryl methyl sites for hydroxylation is 2. The van der Waals surface area contributed by atoms with Crippen molar-refractivity contribution in [2.24, 2.45) is 0 Å². The summed E-state index contributed by atoms with van der Waals surface area (Å²) in [5.41, 5.74) is 3.19. The molecule has 142 valence electrons. The largest absolute Gasteiger partial charge is 0.308 e. The number of halogens is 1. The average molecular weight is 394 g/mol. The molecule has 2 aromatic carbocycles. The maximum absolute atomic E-state index is 13.3. The first-order valence-electron chi connectivity index (χ1n) is 9.75. The van der Waals surface area contributed by atoms with Gasteiger partial charge in [0.1, 0.15) is 5.82 Å². The van der Waals surface area contributed by atoms with Gasteiger partial charge in [-0.15, -0.1) is 0 Å². The predicted molar refractivity (Wildman–Crippen MR) is 110 cm³/mol. The van der Waals surface area contributed by atoms with Crippen LogP contribution < -0.4 is 10.5 Å². The fourth-order valence-electron chi connectivity index (χ4n) is 4.31. The SMILES string of the molecule is O=C(c1ccc2c(=O)n3c(nc2c1)CCC3)N1CCCCc2cc(Cl)ccc21. The molecule has 5 nitrogen and oxygen atoms in total. The van der Waals surface area contributed by atoms with Crippen LogP contribution in [0.15, 0.2) is 41.2 Å². The molecule has 0 aliphatic carbocycles. The van der Waals surface area contributed by atoms with Gasteiger partial charge in [-0.3, -0.25) is 14.2 Å². The van der Waals surface area contributed by atoms with Crippen LogP contribution in [-0.4, -0.2) is 22.0 Å². The molecule has 3 aromatic rings. The van der Waals surface area contributed by atoms with Crippen LogP contribution in [0.4, 0.5) is 5.69 Å². The van der Waals surface area contributed by atoms with Gasteiger partial charge in [-0.1, -0.05) is 11.6 Å². The predicted octanol–water partition coefficient (Wildman–Crippen LogP) is 3.98. The van der Waals surface area contributed by atoms with Crippen molar-refractivity contribution in [1.82, 2.24) is 9.55 Å². The molecule has 0 unspecified atom stereocenters. The number of fused-ring (bicyclic) bond motifs is 3. The monoisotopic (exact) mass is 393 g/mol. The summed E-state index contributed by atoms with van der Waals surface area (Å²) in [5.74, 6) is 0.756. The van der Waals surface area contributed by atoms with Gasteiger partial charge in [0.2, 0.25) is 0 Å². The number of nitrogens with zero attached hydrogens (tertiary/aromatic N) is 3. The second kappa shape index (κ2) is 6.74. The number of benzene rings is 2. The van der Waals surface area contributed by atoms with E-state index in [-0.39, 0.29) is 11.5 Å². The maximum Gasteiger partial charge on any atom is 0.261 e. The van der Waals surface area contributed by atoms with Gasteiger partial charge < -0.3 is 4.90 Å². The summed E-state index contributed by atoms with van der Waals surface area (Å²) in [4.78, 5) is 32.5. The van der Waals surface area contributed by atoms with E-state index in [1.807, 2.05) is 23.1 Å². The van der Waals surface area contributed by atoms with Crippen molar-refractivity contribution in [3.05, 3.63) is 68.7 Å². The summed E-state index contributed by atoms with van der Waals surface area (Å²) in [5, 5.41) is 1.27. The van der Waals surface area contributed by atoms with Crippen LogP contribution in [0.5, 0.6) is 0 Å². The van der Waals surface area contributed by atoms with Gasteiger partial charge in [0.25, 0.3) is 11.5 Å². The second-order valence-electron chi connectivity index (χ2n) is 7.51. The number of hydrogen-bond acceptors (Lipinski definition) is 3. The first-order valence-corrected chi connectivity index (χ1v) is 10.1. The van der Waals surface area contributed by atoms with Gasteiger partial charge in [-0.05, 0) is 67.6 Å². The molecule has 0 saturated heterocycles. The molecule has 3 heterocycles. The summed E-state index contributed by atoms with van der Waals surface area (Å²) in [6.07, 6.45) is 4.64. The van der Waals surface area contributed by atoms with E-state index < -0.39 is 0 Å². The summed E-state index contributed by atoms with van der Waals surface area (Å²) >= 11 is 6.16. The molecule has 1 aromatic heterocycles. The highest BCUT2D eigenvalue weighted by Gasteiger charge is 2.24. The zero-order chi connectivity index (χ0) is 19.3. The number of carbonyl (C=O) groups is 1. The lowest BCUT2D eigenvalue weighted by molar-refractivity contribution is 0.0987. The number of aromatic nitrogens is 2. The lowest BCUT2D eigenvalue weighted by Crippen LogP contribution is -2.32. The molecule has 2 aliphatic heterocycles. The first kappa shape index (κ1) is 17.4. The van der Waals surface area contributed by atoms with E-state index in [9.17, 15) is 9.59 Å². The third-order valence-corrected chi connectivity index (χ3v) is 5.95. The van der Waals surface area contributed by atoms with Crippen LogP contribution in [0.3, 0.4) is 0 Å². The van der Waals surface area contributed by atoms with Gasteiger partial charge in [-0.25, -0.2) is 4.98 Å². The molecule has 0 saturated carbocycles. The third kappa shape index (κ3) is 2.81. The Hall–Kier alpha value is -2.66. The molecule has 0 fully saturated rings. The number of amides is 1. The highest BCUT2D eigenvalue weighted by atomic mass is 35.5. The van der Waals surface area contributed by atoms with E-state index in [1.165, 1.54) is 0 Å². The molecule has 6 heteroatoms. The Balaban J connectivity index is 1.58. The maximum atomic E-state index is 13.3. The van der Waals surface area contributed by atoms with Crippen molar-refractivity contribution in [2.45, 2.75) is 38.6 Å². The highest BCUT2D eigenvalue weighted by molar-refractivity contribution is 6.30. The Bertz CT molecular complexity index is 1170. The van der Waals surface area contributed by atoms with Crippen LogP contribution in [0.1, 0.15) is 41.0 Å². The Morgan fingerprint density at radius 2 is 1.89 bits per heavy atom. The first-order chi connectivity index (χ1) is 13.6. The van der Waals surface area contributed by atoms with Gasteiger partial charge in [-0.2, -0.15) is 0 Å². The highest BCUT2D eigenvalue weighted by Crippen LogP contribution is 2.30. The summed E-state index contributed by atoms with van der Waals surface area (Å²) < 4.78 is 1.75. The van der Waals surface area contributed by atoms with Crippen molar-refractivity contribution < 1.29 is 4.79 Å². The van der Waals surface area contributed by atoms with Gasteiger partial charge in [0, 0.05) is 35.8 Å². The fraction of sp³-hybridized carbons (Fsp3) is 0.318. The normalized spacial score (nSPS) is 16.0. The van der Waals surface area contributed by atoms with E-state index in [4.69, 9.17) is 11.6 Å². The topological polar surface area (TPSA) is 55.2 Å². The number of anilines is 1. The Labute approximate surface area is 167 Å². The summed E-state index contributed by atoms with van der Waals surface area (Å²) in [7, 11) is 0. The summed E-state index contributed by atoms with van der Waals surface area (Å²) in [6, 6.07) is 11.0. The number of rotatable bonds is 1. The zero-order valence-corrected chi connectivity index (χ0v) is 16.2. The molecule has 2 aliphatic rings. The van der Waals surface area contributed by atoms with Gasteiger partial charge in [0.15, 0.2) is 0 Å². The van der Waals surface area contributed by atoms with E-state index in [1.54, 1.807) is 22.8 Å². The fourth-order valence-corrected chi connectivity index (χ4v) is 4.50. The van der Waals surface area contributed by atoms with E-state index >= 15 is 0 Å². The van der Waals surface area contributed by atoms with Crippen molar-refractivity contribution in [2.75, 3.05) is 11.4 Å². The standard InChI is InChI=1S/C22H20ClN3O2/c23-16-7-9-19-14(12-16)4-1-2-10-25(19)21(27)15-6-8-17-18(13-15)24-20-5-3-11-26(20)22(17)28/h6-9,12-13H,1-5,10-11H2. The van der Waals surface area contributed by atoms with E-state index in [0.29, 0.717) is 28.0 Å². The molecule has 1 amide bonds. The minimum absolute atomic E-state index is 0.00809. The van der Waals surface area contributed by atoms with E-state index in [2.05, 4.69) is 4.98 Å². The van der Waals surface area contributed by atoms with Crippen LogP contribution in [-0.2, 0) is 19.4 Å². The van der Waals surface area contributed by atoms with Crippen molar-refractivity contribution in [1.29, 1.82) is 0 Å². The van der Waals surface area contributed by atoms with Crippen molar-refractivity contribution >= 4 is 34.1 Å². The average Bonchev–Trinajstić information content (AvgIpc) is 3.07. The zero-order valence-electron chi connectivity index (χ0n) is 15.4.